The van der Waals surface area contributed by atoms with Crippen molar-refractivity contribution in [2.75, 3.05) is 30.5 Å². The quantitative estimate of drug-likeness (QED) is 0.481. The first-order valence-corrected chi connectivity index (χ1v) is 10.4. The Morgan fingerprint density at radius 2 is 1.22 bits per heavy atom. The van der Waals surface area contributed by atoms with Crippen molar-refractivity contribution in [2.45, 2.75) is 13.8 Å². The Bertz CT molecular complexity index is 1050. The molecular weight excluding hydrogens is 408 g/mol. The molecule has 0 aliphatic carbocycles. The molecule has 3 aromatic rings. The second-order valence-electron chi connectivity index (χ2n) is 6.67. The molecular formula is C25H26N2O5. The van der Waals surface area contributed by atoms with E-state index in [-0.39, 0.29) is 18.4 Å². The van der Waals surface area contributed by atoms with Crippen LogP contribution >= 0.6 is 0 Å². The zero-order chi connectivity index (χ0) is 22.8. The summed E-state index contributed by atoms with van der Waals surface area (Å²) < 4.78 is 16.6. The molecule has 2 N–H and O–H groups in total. The van der Waals surface area contributed by atoms with E-state index in [0.717, 1.165) is 0 Å². The van der Waals surface area contributed by atoms with Crippen LogP contribution in [-0.2, 0) is 4.79 Å². The number of carbonyl (C=O) groups excluding carboxylic acids is 2. The van der Waals surface area contributed by atoms with Crippen LogP contribution in [0.5, 0.6) is 17.2 Å². The maximum atomic E-state index is 12.6. The number of para-hydroxylation sites is 4. The Morgan fingerprint density at radius 1 is 0.688 bits per heavy atom. The van der Waals surface area contributed by atoms with Crippen molar-refractivity contribution in [3.8, 4) is 17.2 Å². The van der Waals surface area contributed by atoms with Crippen molar-refractivity contribution in [3.63, 3.8) is 0 Å². The second kappa shape index (κ2) is 11.4. The summed E-state index contributed by atoms with van der Waals surface area (Å²) in [6.07, 6.45) is 0. The number of nitrogens with one attached hydrogen (secondary N) is 2. The summed E-state index contributed by atoms with van der Waals surface area (Å²) in [5, 5.41) is 5.62. The van der Waals surface area contributed by atoms with Crippen molar-refractivity contribution in [1.29, 1.82) is 0 Å². The predicted octanol–water partition coefficient (Wildman–Crippen LogP) is 4.75. The molecule has 32 heavy (non-hydrogen) atoms. The minimum Gasteiger partial charge on any atom is -0.492 e. The standard InChI is InChI=1S/C25H26N2O5/c1-3-30-22-11-7-5-9-20(22)26-24(28)17-32-19-15-13-18(14-16-19)25(29)27-21-10-6-8-12-23(21)31-4-2/h5-16H,3-4,17H2,1-2H3,(H,26,28)(H,27,29). The number of carbonyl (C=O) groups is 2. The summed E-state index contributed by atoms with van der Waals surface area (Å²) in [5.41, 5.74) is 1.64. The molecule has 166 valence electrons. The third kappa shape index (κ3) is 6.25. The molecule has 7 nitrogen and oxygen atoms in total. The van der Waals surface area contributed by atoms with Crippen LogP contribution in [0.15, 0.2) is 72.8 Å². The highest BCUT2D eigenvalue weighted by molar-refractivity contribution is 6.05. The molecule has 0 heterocycles. The zero-order valence-corrected chi connectivity index (χ0v) is 18.1. The molecule has 3 aromatic carbocycles. The van der Waals surface area contributed by atoms with E-state index in [4.69, 9.17) is 14.2 Å². The molecule has 0 spiro atoms. The van der Waals surface area contributed by atoms with Gasteiger partial charge in [0.05, 0.1) is 24.6 Å². The Kier molecular flexibility index (Phi) is 8.09. The van der Waals surface area contributed by atoms with Crippen molar-refractivity contribution in [3.05, 3.63) is 78.4 Å². The summed E-state index contributed by atoms with van der Waals surface area (Å²) in [6, 6.07) is 21.0. The number of benzene rings is 3. The lowest BCUT2D eigenvalue weighted by Crippen LogP contribution is -2.20. The Hall–Kier alpha value is -4.00. The molecule has 0 atom stereocenters. The van der Waals surface area contributed by atoms with Crippen molar-refractivity contribution >= 4 is 23.2 Å². The van der Waals surface area contributed by atoms with E-state index in [0.29, 0.717) is 47.4 Å². The summed E-state index contributed by atoms with van der Waals surface area (Å²) in [7, 11) is 0. The van der Waals surface area contributed by atoms with Gasteiger partial charge in [0.2, 0.25) is 0 Å². The van der Waals surface area contributed by atoms with Crippen LogP contribution < -0.4 is 24.8 Å². The predicted molar refractivity (Wildman–Crippen MR) is 124 cm³/mol. The minimum atomic E-state index is -0.313. The van der Waals surface area contributed by atoms with Crippen LogP contribution in [0.1, 0.15) is 24.2 Å². The van der Waals surface area contributed by atoms with Gasteiger partial charge < -0.3 is 24.8 Å². The molecule has 3 rings (SSSR count). The second-order valence-corrected chi connectivity index (χ2v) is 6.67. The van der Waals surface area contributed by atoms with E-state index < -0.39 is 0 Å². The first-order chi connectivity index (χ1) is 15.6. The molecule has 0 saturated heterocycles. The van der Waals surface area contributed by atoms with E-state index in [9.17, 15) is 9.59 Å². The molecule has 0 fully saturated rings. The van der Waals surface area contributed by atoms with Crippen LogP contribution in [0, 0.1) is 0 Å². The van der Waals surface area contributed by atoms with Gasteiger partial charge in [0, 0.05) is 5.56 Å². The SMILES string of the molecule is CCOc1ccccc1NC(=O)COc1ccc(C(=O)Nc2ccccc2OCC)cc1. The fourth-order valence-electron chi connectivity index (χ4n) is 2.93. The molecule has 0 bridgehead atoms. The number of hydrogen-bond donors (Lipinski definition) is 2. The highest BCUT2D eigenvalue weighted by atomic mass is 16.5. The van der Waals surface area contributed by atoms with E-state index in [1.807, 2.05) is 38.1 Å². The first kappa shape index (κ1) is 22.7. The lowest BCUT2D eigenvalue weighted by atomic mass is 10.2. The average molecular weight is 434 g/mol. The minimum absolute atomic E-state index is 0.173. The van der Waals surface area contributed by atoms with Gasteiger partial charge in [0.25, 0.3) is 11.8 Å². The van der Waals surface area contributed by atoms with Crippen LogP contribution in [0.4, 0.5) is 11.4 Å². The maximum absolute atomic E-state index is 12.6. The van der Waals surface area contributed by atoms with E-state index in [2.05, 4.69) is 10.6 Å². The van der Waals surface area contributed by atoms with Crippen molar-refractivity contribution in [2.24, 2.45) is 0 Å². The molecule has 7 heteroatoms. The molecule has 0 radical (unpaired) electrons. The molecule has 0 saturated carbocycles. The largest absolute Gasteiger partial charge is 0.492 e. The van der Waals surface area contributed by atoms with Crippen LogP contribution in [0.25, 0.3) is 0 Å². The van der Waals surface area contributed by atoms with Gasteiger partial charge in [-0.05, 0) is 62.4 Å². The first-order valence-electron chi connectivity index (χ1n) is 10.4. The number of amides is 2. The van der Waals surface area contributed by atoms with E-state index in [1.165, 1.54) is 0 Å². The lowest BCUT2D eigenvalue weighted by molar-refractivity contribution is -0.118. The van der Waals surface area contributed by atoms with Crippen LogP contribution in [-0.4, -0.2) is 31.6 Å². The fraction of sp³-hybridized carbons (Fsp3) is 0.200. The Balaban J connectivity index is 1.55. The van der Waals surface area contributed by atoms with Gasteiger partial charge in [-0.3, -0.25) is 9.59 Å². The number of hydrogen-bond acceptors (Lipinski definition) is 5. The Labute approximate surface area is 187 Å². The zero-order valence-electron chi connectivity index (χ0n) is 18.1. The molecule has 0 aromatic heterocycles. The van der Waals surface area contributed by atoms with Crippen molar-refractivity contribution in [1.82, 2.24) is 0 Å². The summed E-state index contributed by atoms with van der Waals surface area (Å²) in [5.74, 6) is 1.11. The van der Waals surface area contributed by atoms with Crippen LogP contribution in [0.3, 0.4) is 0 Å². The number of ether oxygens (including phenoxy) is 3. The van der Waals surface area contributed by atoms with E-state index in [1.54, 1.807) is 48.5 Å². The van der Waals surface area contributed by atoms with Gasteiger partial charge in [-0.15, -0.1) is 0 Å². The van der Waals surface area contributed by atoms with Gasteiger partial charge >= 0.3 is 0 Å². The van der Waals surface area contributed by atoms with Gasteiger partial charge in [-0.1, -0.05) is 24.3 Å². The number of anilines is 2. The summed E-state index contributed by atoms with van der Waals surface area (Å²) >= 11 is 0. The highest BCUT2D eigenvalue weighted by Gasteiger charge is 2.11. The lowest BCUT2D eigenvalue weighted by Gasteiger charge is -2.12. The third-order valence-corrected chi connectivity index (χ3v) is 4.38. The normalized spacial score (nSPS) is 10.2. The van der Waals surface area contributed by atoms with Crippen molar-refractivity contribution < 1.29 is 23.8 Å². The van der Waals surface area contributed by atoms with Gasteiger partial charge in [-0.25, -0.2) is 0 Å². The highest BCUT2D eigenvalue weighted by Crippen LogP contribution is 2.25. The average Bonchev–Trinajstić information content (AvgIpc) is 2.81. The summed E-state index contributed by atoms with van der Waals surface area (Å²) in [4.78, 5) is 24.8. The molecule has 2 amide bonds. The van der Waals surface area contributed by atoms with Crippen LogP contribution in [0.2, 0.25) is 0 Å². The third-order valence-electron chi connectivity index (χ3n) is 4.38. The molecule has 0 aliphatic heterocycles. The Morgan fingerprint density at radius 3 is 1.78 bits per heavy atom. The number of rotatable bonds is 10. The van der Waals surface area contributed by atoms with Gasteiger partial charge in [0.1, 0.15) is 17.2 Å². The maximum Gasteiger partial charge on any atom is 0.262 e. The van der Waals surface area contributed by atoms with Gasteiger partial charge in [-0.2, -0.15) is 0 Å². The molecule has 0 unspecified atom stereocenters. The van der Waals surface area contributed by atoms with Gasteiger partial charge in [0.15, 0.2) is 6.61 Å². The fourth-order valence-corrected chi connectivity index (χ4v) is 2.93. The summed E-state index contributed by atoms with van der Waals surface area (Å²) in [6.45, 7) is 4.59. The monoisotopic (exact) mass is 434 g/mol. The van der Waals surface area contributed by atoms with E-state index >= 15 is 0 Å². The smallest absolute Gasteiger partial charge is 0.262 e. The molecule has 0 aliphatic rings. The topological polar surface area (TPSA) is 85.9 Å².